The summed E-state index contributed by atoms with van der Waals surface area (Å²) < 4.78 is 26.3. The molecular formula is C8H12N2O3S2. The number of rotatable bonds is 4. The van der Waals surface area contributed by atoms with Gasteiger partial charge in [0.1, 0.15) is 4.21 Å². The summed E-state index contributed by atoms with van der Waals surface area (Å²) >= 11 is 1.08. The molecule has 2 rings (SSSR count). The Hall–Kier alpha value is -0.630. The minimum atomic E-state index is -3.52. The number of aliphatic hydroxyl groups is 1. The maximum Gasteiger partial charge on any atom is 0.250 e. The lowest BCUT2D eigenvalue weighted by molar-refractivity contribution is 0.246. The summed E-state index contributed by atoms with van der Waals surface area (Å²) in [6.07, 6.45) is 1.37. The van der Waals surface area contributed by atoms with Crippen molar-refractivity contribution < 1.29 is 13.5 Å². The fraction of sp³-hybridized carbons (Fsp3) is 0.500. The van der Waals surface area contributed by atoms with E-state index in [1.54, 1.807) is 5.38 Å². The molecule has 1 aliphatic carbocycles. The molecule has 15 heavy (non-hydrogen) atoms. The maximum absolute atomic E-state index is 11.8. The third-order valence-corrected chi connectivity index (χ3v) is 5.40. The summed E-state index contributed by atoms with van der Waals surface area (Å²) in [5.41, 5.74) is 5.27. The van der Waals surface area contributed by atoms with Crippen LogP contribution in [0, 0.1) is 0 Å². The molecule has 0 radical (unpaired) electrons. The minimum absolute atomic E-state index is 0.160. The molecule has 0 unspecified atom stereocenters. The van der Waals surface area contributed by atoms with Gasteiger partial charge in [0.2, 0.25) is 0 Å². The molecule has 1 aromatic rings. The van der Waals surface area contributed by atoms with Crippen LogP contribution in [-0.2, 0) is 10.0 Å². The van der Waals surface area contributed by atoms with Gasteiger partial charge in [0, 0.05) is 11.1 Å². The van der Waals surface area contributed by atoms with E-state index in [9.17, 15) is 8.42 Å². The van der Waals surface area contributed by atoms with E-state index in [2.05, 4.69) is 4.72 Å². The van der Waals surface area contributed by atoms with Gasteiger partial charge < -0.3 is 10.8 Å². The van der Waals surface area contributed by atoms with Gasteiger partial charge in [0.05, 0.1) is 12.1 Å². The maximum atomic E-state index is 11.8. The van der Waals surface area contributed by atoms with E-state index in [0.29, 0.717) is 18.5 Å². The molecule has 84 valence electrons. The Balaban J connectivity index is 2.21. The summed E-state index contributed by atoms with van der Waals surface area (Å²) in [5.74, 6) is 0. The van der Waals surface area contributed by atoms with Crippen molar-refractivity contribution in [3.63, 3.8) is 0 Å². The van der Waals surface area contributed by atoms with Crippen LogP contribution < -0.4 is 10.5 Å². The van der Waals surface area contributed by atoms with Gasteiger partial charge in [0.15, 0.2) is 0 Å². The molecule has 0 aliphatic heterocycles. The van der Waals surface area contributed by atoms with E-state index >= 15 is 0 Å². The molecule has 0 aromatic carbocycles. The number of aliphatic hydroxyl groups excluding tert-OH is 1. The third-order valence-electron chi connectivity index (χ3n) is 2.37. The van der Waals surface area contributed by atoms with Crippen LogP contribution in [0.25, 0.3) is 0 Å². The molecule has 5 nitrogen and oxygen atoms in total. The summed E-state index contributed by atoms with van der Waals surface area (Å²) in [6, 6.07) is 1.42. The Bertz CT molecular complexity index is 462. The lowest BCUT2D eigenvalue weighted by Gasteiger charge is -2.13. The number of hydrogen-bond acceptors (Lipinski definition) is 5. The van der Waals surface area contributed by atoms with Crippen LogP contribution in [-0.4, -0.2) is 25.7 Å². The van der Waals surface area contributed by atoms with Crippen molar-refractivity contribution in [2.75, 3.05) is 12.3 Å². The molecule has 4 N–H and O–H groups in total. The number of nitrogens with one attached hydrogen (secondary N) is 1. The third kappa shape index (κ3) is 2.15. The van der Waals surface area contributed by atoms with Crippen LogP contribution in [0.15, 0.2) is 15.7 Å². The summed E-state index contributed by atoms with van der Waals surface area (Å²) in [4.78, 5) is 0. The highest BCUT2D eigenvalue weighted by molar-refractivity contribution is 7.91. The Morgan fingerprint density at radius 1 is 1.60 bits per heavy atom. The normalized spacial score (nSPS) is 19.0. The van der Waals surface area contributed by atoms with E-state index < -0.39 is 15.6 Å². The number of anilines is 1. The lowest BCUT2D eigenvalue weighted by atomic mass is 10.3. The Labute approximate surface area is 92.0 Å². The summed E-state index contributed by atoms with van der Waals surface area (Å²) in [5, 5.41) is 10.6. The number of sulfonamides is 1. The first kappa shape index (κ1) is 10.9. The molecule has 0 amide bonds. The highest BCUT2D eigenvalue weighted by Crippen LogP contribution is 2.36. The lowest BCUT2D eigenvalue weighted by Crippen LogP contribution is -2.39. The quantitative estimate of drug-likeness (QED) is 0.706. The second kappa shape index (κ2) is 3.44. The number of nitrogens with two attached hydrogens (primary N) is 1. The Morgan fingerprint density at radius 2 is 2.27 bits per heavy atom. The van der Waals surface area contributed by atoms with Gasteiger partial charge in [-0.3, -0.25) is 0 Å². The topological polar surface area (TPSA) is 92.4 Å². The molecular weight excluding hydrogens is 236 g/mol. The summed E-state index contributed by atoms with van der Waals surface area (Å²) in [7, 11) is -3.52. The zero-order chi connectivity index (χ0) is 11.1. The minimum Gasteiger partial charge on any atom is -0.398 e. The van der Waals surface area contributed by atoms with Crippen LogP contribution in [0.4, 0.5) is 5.69 Å². The van der Waals surface area contributed by atoms with Crippen molar-refractivity contribution in [2.45, 2.75) is 22.6 Å². The first-order valence-electron chi connectivity index (χ1n) is 4.46. The Morgan fingerprint density at radius 3 is 2.67 bits per heavy atom. The molecule has 7 heteroatoms. The molecule has 1 fully saturated rings. The van der Waals surface area contributed by atoms with Crippen LogP contribution in [0.3, 0.4) is 0 Å². The van der Waals surface area contributed by atoms with Gasteiger partial charge in [-0.25, -0.2) is 13.1 Å². The smallest absolute Gasteiger partial charge is 0.250 e. The van der Waals surface area contributed by atoms with Crippen LogP contribution in [0.2, 0.25) is 0 Å². The molecule has 1 heterocycles. The van der Waals surface area contributed by atoms with E-state index in [1.165, 1.54) is 6.07 Å². The van der Waals surface area contributed by atoms with Crippen molar-refractivity contribution in [2.24, 2.45) is 0 Å². The van der Waals surface area contributed by atoms with Gasteiger partial charge >= 0.3 is 0 Å². The second-order valence-electron chi connectivity index (χ2n) is 3.74. The Kier molecular flexibility index (Phi) is 2.50. The standard InChI is InChI=1S/C8H12N2O3S2/c9-6-3-7(14-4-6)15(12,13)10-8(5-11)1-2-8/h3-4,10-11H,1-2,5,9H2. The van der Waals surface area contributed by atoms with Gasteiger partial charge in [-0.15, -0.1) is 11.3 Å². The van der Waals surface area contributed by atoms with Crippen molar-refractivity contribution in [1.82, 2.24) is 4.72 Å². The molecule has 1 aliphatic rings. The molecule has 0 spiro atoms. The summed E-state index contributed by atoms with van der Waals surface area (Å²) in [6.45, 7) is -0.160. The molecule has 0 atom stereocenters. The van der Waals surface area contributed by atoms with Crippen molar-refractivity contribution in [3.8, 4) is 0 Å². The van der Waals surface area contributed by atoms with E-state index in [4.69, 9.17) is 10.8 Å². The largest absolute Gasteiger partial charge is 0.398 e. The fourth-order valence-electron chi connectivity index (χ4n) is 1.25. The SMILES string of the molecule is Nc1csc(S(=O)(=O)NC2(CO)CC2)c1. The van der Waals surface area contributed by atoms with E-state index in [1.807, 2.05) is 0 Å². The van der Waals surface area contributed by atoms with Crippen LogP contribution in [0.5, 0.6) is 0 Å². The molecule has 1 saturated carbocycles. The van der Waals surface area contributed by atoms with Crippen molar-refractivity contribution >= 4 is 27.0 Å². The van der Waals surface area contributed by atoms with Crippen LogP contribution >= 0.6 is 11.3 Å². The molecule has 0 saturated heterocycles. The van der Waals surface area contributed by atoms with Crippen molar-refractivity contribution in [3.05, 3.63) is 11.4 Å². The predicted octanol–water partition coefficient (Wildman–Crippen LogP) is 0.133. The average Bonchev–Trinajstić information content (AvgIpc) is 2.78. The van der Waals surface area contributed by atoms with Gasteiger partial charge in [-0.2, -0.15) is 0 Å². The van der Waals surface area contributed by atoms with E-state index in [0.717, 1.165) is 11.3 Å². The molecule has 0 bridgehead atoms. The monoisotopic (exact) mass is 248 g/mol. The number of hydrogen-bond donors (Lipinski definition) is 3. The highest BCUT2D eigenvalue weighted by atomic mass is 32.2. The molecule has 1 aromatic heterocycles. The van der Waals surface area contributed by atoms with Gasteiger partial charge in [-0.1, -0.05) is 0 Å². The zero-order valence-corrected chi connectivity index (χ0v) is 9.57. The van der Waals surface area contributed by atoms with E-state index in [-0.39, 0.29) is 10.8 Å². The van der Waals surface area contributed by atoms with Gasteiger partial charge in [-0.05, 0) is 18.9 Å². The fourth-order valence-corrected chi connectivity index (χ4v) is 3.78. The zero-order valence-electron chi connectivity index (χ0n) is 7.93. The first-order valence-corrected chi connectivity index (χ1v) is 6.83. The number of thiophene rings is 1. The second-order valence-corrected chi connectivity index (χ2v) is 6.56. The van der Waals surface area contributed by atoms with Crippen molar-refractivity contribution in [1.29, 1.82) is 0 Å². The highest BCUT2D eigenvalue weighted by Gasteiger charge is 2.45. The average molecular weight is 248 g/mol. The number of nitrogen functional groups attached to an aromatic ring is 1. The first-order chi connectivity index (χ1) is 6.97. The van der Waals surface area contributed by atoms with Gasteiger partial charge in [0.25, 0.3) is 10.0 Å². The predicted molar refractivity (Wildman–Crippen MR) is 58.1 cm³/mol. The van der Waals surface area contributed by atoms with Crippen LogP contribution in [0.1, 0.15) is 12.8 Å².